The van der Waals surface area contributed by atoms with Crippen LogP contribution in [0.25, 0.3) is 0 Å². The van der Waals surface area contributed by atoms with Crippen LogP contribution in [0, 0.1) is 0 Å². The number of carbonyl (C=O) groups excluding carboxylic acids is 1. The van der Waals surface area contributed by atoms with Gasteiger partial charge in [0.2, 0.25) is 15.9 Å². The first-order valence-corrected chi connectivity index (χ1v) is 10.8. The summed E-state index contributed by atoms with van der Waals surface area (Å²) < 4.78 is 65.2. The molecule has 1 amide bonds. The summed E-state index contributed by atoms with van der Waals surface area (Å²) in [5.74, 6) is -0.474. The molecule has 30 heavy (non-hydrogen) atoms. The molecule has 5 nitrogen and oxygen atoms in total. The van der Waals surface area contributed by atoms with E-state index in [-0.39, 0.29) is 29.8 Å². The van der Waals surface area contributed by atoms with E-state index in [1.807, 2.05) is 20.8 Å². The Hall–Kier alpha value is -2.39. The molecule has 2 aromatic carbocycles. The predicted molar refractivity (Wildman–Crippen MR) is 108 cm³/mol. The first-order chi connectivity index (χ1) is 13.8. The number of rotatable bonds is 7. The zero-order chi connectivity index (χ0) is 22.6. The molecule has 2 N–H and O–H groups in total. The Morgan fingerprint density at radius 1 is 0.967 bits per heavy atom. The van der Waals surface area contributed by atoms with Crippen LogP contribution in [0.5, 0.6) is 0 Å². The topological polar surface area (TPSA) is 75.3 Å². The van der Waals surface area contributed by atoms with Crippen molar-refractivity contribution in [2.75, 3.05) is 6.54 Å². The number of amides is 1. The van der Waals surface area contributed by atoms with Crippen LogP contribution >= 0.6 is 0 Å². The highest BCUT2D eigenvalue weighted by Crippen LogP contribution is 2.29. The first-order valence-electron chi connectivity index (χ1n) is 9.32. The van der Waals surface area contributed by atoms with Crippen molar-refractivity contribution >= 4 is 15.9 Å². The fourth-order valence-electron chi connectivity index (χ4n) is 2.66. The smallest absolute Gasteiger partial charge is 0.352 e. The monoisotopic (exact) mass is 442 g/mol. The average Bonchev–Trinajstić information content (AvgIpc) is 2.65. The van der Waals surface area contributed by atoms with Crippen LogP contribution in [-0.4, -0.2) is 20.9 Å². The van der Waals surface area contributed by atoms with Crippen molar-refractivity contribution < 1.29 is 26.4 Å². The fourth-order valence-corrected chi connectivity index (χ4v) is 3.69. The summed E-state index contributed by atoms with van der Waals surface area (Å²) in [5.41, 5.74) is 0.403. The van der Waals surface area contributed by atoms with Crippen molar-refractivity contribution in [3.05, 3.63) is 65.2 Å². The van der Waals surface area contributed by atoms with Gasteiger partial charge >= 0.3 is 6.18 Å². The van der Waals surface area contributed by atoms with Gasteiger partial charge in [0.1, 0.15) is 0 Å². The summed E-state index contributed by atoms with van der Waals surface area (Å²) in [5, 5.41) is 2.49. The van der Waals surface area contributed by atoms with Crippen molar-refractivity contribution in [1.29, 1.82) is 0 Å². The Morgan fingerprint density at radius 2 is 1.60 bits per heavy atom. The SMILES string of the molecule is CC(C)(C)c1ccc(S(=O)(=O)NCCC(=O)NCc2cccc(C(F)(F)F)c2)cc1. The van der Waals surface area contributed by atoms with E-state index in [4.69, 9.17) is 0 Å². The molecule has 0 bridgehead atoms. The summed E-state index contributed by atoms with van der Waals surface area (Å²) in [7, 11) is -3.76. The van der Waals surface area contributed by atoms with Crippen LogP contribution in [0.2, 0.25) is 0 Å². The molecule has 0 radical (unpaired) electrons. The van der Waals surface area contributed by atoms with E-state index in [0.29, 0.717) is 5.56 Å². The van der Waals surface area contributed by atoms with Gasteiger partial charge in [-0.05, 0) is 40.8 Å². The molecular formula is C21H25F3N2O3S. The highest BCUT2D eigenvalue weighted by atomic mass is 32.2. The zero-order valence-electron chi connectivity index (χ0n) is 17.0. The molecule has 0 aromatic heterocycles. The minimum absolute atomic E-state index is 0.0796. The Morgan fingerprint density at radius 3 is 2.17 bits per heavy atom. The standard InChI is InChI=1S/C21H25F3N2O3S/c1-20(2,3)16-7-9-18(10-8-16)30(28,29)26-12-11-19(27)25-14-15-5-4-6-17(13-15)21(22,23)24/h4-10,13,26H,11-12,14H2,1-3H3,(H,25,27). The first kappa shape index (κ1) is 23.9. The highest BCUT2D eigenvalue weighted by molar-refractivity contribution is 7.89. The molecule has 0 fully saturated rings. The van der Waals surface area contributed by atoms with Crippen LogP contribution in [0.3, 0.4) is 0 Å². The minimum Gasteiger partial charge on any atom is -0.352 e. The Balaban J connectivity index is 1.85. The molecule has 0 unspecified atom stereocenters. The fraction of sp³-hybridized carbons (Fsp3) is 0.381. The van der Waals surface area contributed by atoms with Crippen molar-refractivity contribution in [1.82, 2.24) is 10.0 Å². The maximum Gasteiger partial charge on any atom is 0.416 e. The average molecular weight is 443 g/mol. The lowest BCUT2D eigenvalue weighted by molar-refractivity contribution is -0.137. The molecule has 0 spiro atoms. The Labute approximate surface area is 174 Å². The molecule has 2 aromatic rings. The molecule has 0 atom stereocenters. The molecule has 0 aliphatic carbocycles. The summed E-state index contributed by atoms with van der Waals surface area (Å²) in [6.45, 7) is 5.85. The summed E-state index contributed by atoms with van der Waals surface area (Å²) in [4.78, 5) is 12.0. The second-order valence-electron chi connectivity index (χ2n) is 7.90. The van der Waals surface area contributed by atoms with Gasteiger partial charge in [0.05, 0.1) is 10.5 Å². The van der Waals surface area contributed by atoms with E-state index in [1.54, 1.807) is 12.1 Å². The minimum atomic E-state index is -4.45. The van der Waals surface area contributed by atoms with Crippen molar-refractivity contribution in [2.45, 2.75) is 50.2 Å². The highest BCUT2D eigenvalue weighted by Gasteiger charge is 2.30. The number of carbonyl (C=O) groups is 1. The number of hydrogen-bond acceptors (Lipinski definition) is 3. The van der Waals surface area contributed by atoms with Crippen LogP contribution in [0.15, 0.2) is 53.4 Å². The molecule has 2 rings (SSSR count). The molecular weight excluding hydrogens is 417 g/mol. The maximum atomic E-state index is 12.7. The van der Waals surface area contributed by atoms with E-state index >= 15 is 0 Å². The van der Waals surface area contributed by atoms with E-state index in [0.717, 1.165) is 17.7 Å². The molecule has 0 heterocycles. The summed E-state index contributed by atoms with van der Waals surface area (Å²) in [6.07, 6.45) is -4.60. The zero-order valence-corrected chi connectivity index (χ0v) is 17.8. The third-order valence-electron chi connectivity index (χ3n) is 4.42. The van der Waals surface area contributed by atoms with Crippen LogP contribution < -0.4 is 10.0 Å². The molecule has 9 heteroatoms. The van der Waals surface area contributed by atoms with Gasteiger partial charge in [0, 0.05) is 19.5 Å². The van der Waals surface area contributed by atoms with Gasteiger partial charge in [-0.25, -0.2) is 13.1 Å². The van der Waals surface area contributed by atoms with E-state index < -0.39 is 27.7 Å². The third-order valence-corrected chi connectivity index (χ3v) is 5.90. The second-order valence-corrected chi connectivity index (χ2v) is 9.66. The van der Waals surface area contributed by atoms with Gasteiger partial charge in [-0.3, -0.25) is 4.79 Å². The predicted octanol–water partition coefficient (Wildman–Crippen LogP) is 3.99. The lowest BCUT2D eigenvalue weighted by Crippen LogP contribution is -2.30. The molecule has 164 valence electrons. The van der Waals surface area contributed by atoms with E-state index in [9.17, 15) is 26.4 Å². The number of benzene rings is 2. The van der Waals surface area contributed by atoms with Crippen molar-refractivity contribution in [3.8, 4) is 0 Å². The second kappa shape index (κ2) is 9.18. The van der Waals surface area contributed by atoms with Gasteiger partial charge < -0.3 is 5.32 Å². The number of hydrogen-bond donors (Lipinski definition) is 2. The molecule has 0 aliphatic rings. The third kappa shape index (κ3) is 6.84. The van der Waals surface area contributed by atoms with Gasteiger partial charge in [0.25, 0.3) is 0 Å². The number of halogens is 3. The van der Waals surface area contributed by atoms with Gasteiger partial charge in [-0.2, -0.15) is 13.2 Å². The summed E-state index contributed by atoms with van der Waals surface area (Å²) >= 11 is 0. The Kier molecular flexibility index (Phi) is 7.31. The quantitative estimate of drug-likeness (QED) is 0.681. The van der Waals surface area contributed by atoms with E-state index in [1.165, 1.54) is 24.3 Å². The van der Waals surface area contributed by atoms with Gasteiger partial charge in [-0.1, -0.05) is 45.0 Å². The molecule has 0 saturated heterocycles. The van der Waals surface area contributed by atoms with Crippen LogP contribution in [0.4, 0.5) is 13.2 Å². The molecule has 0 saturated carbocycles. The summed E-state index contributed by atoms with van der Waals surface area (Å²) in [6, 6.07) is 11.2. The van der Waals surface area contributed by atoms with Crippen molar-refractivity contribution in [2.24, 2.45) is 0 Å². The maximum absolute atomic E-state index is 12.7. The lowest BCUT2D eigenvalue weighted by atomic mass is 9.87. The van der Waals surface area contributed by atoms with Gasteiger partial charge in [0.15, 0.2) is 0 Å². The Bertz CT molecular complexity index is 980. The van der Waals surface area contributed by atoms with Crippen LogP contribution in [-0.2, 0) is 33.0 Å². The largest absolute Gasteiger partial charge is 0.416 e. The van der Waals surface area contributed by atoms with Crippen LogP contribution in [0.1, 0.15) is 43.9 Å². The number of sulfonamides is 1. The number of nitrogens with one attached hydrogen (secondary N) is 2. The van der Waals surface area contributed by atoms with Crippen molar-refractivity contribution in [3.63, 3.8) is 0 Å². The van der Waals surface area contributed by atoms with E-state index in [2.05, 4.69) is 10.0 Å². The normalized spacial score (nSPS) is 12.6. The lowest BCUT2D eigenvalue weighted by Gasteiger charge is -2.19. The molecule has 0 aliphatic heterocycles. The number of alkyl halides is 3. The van der Waals surface area contributed by atoms with Gasteiger partial charge in [-0.15, -0.1) is 0 Å².